The first kappa shape index (κ1) is 15.6. The Bertz CT molecular complexity index is 200. The van der Waals surface area contributed by atoms with Crippen LogP contribution in [0.2, 0.25) is 5.04 Å². The van der Waals surface area contributed by atoms with Gasteiger partial charge in [-0.2, -0.15) is 0 Å². The average Bonchev–Trinajstić information content (AvgIpc) is 2.25. The van der Waals surface area contributed by atoms with Crippen molar-refractivity contribution in [3.05, 3.63) is 0 Å². The van der Waals surface area contributed by atoms with E-state index >= 15 is 0 Å². The van der Waals surface area contributed by atoms with Gasteiger partial charge in [0.2, 0.25) is 0 Å². The lowest BCUT2D eigenvalue weighted by atomic mass is 10.2. The molecule has 0 aromatic heterocycles. The maximum atomic E-state index is 11.9. The Labute approximate surface area is 100 Å². The first-order chi connectivity index (χ1) is 7.50. The van der Waals surface area contributed by atoms with Gasteiger partial charge in [-0.3, -0.25) is 4.79 Å². The number of hydrogen-bond acceptors (Lipinski definition) is 4. The van der Waals surface area contributed by atoms with E-state index in [1.54, 1.807) is 0 Å². The van der Waals surface area contributed by atoms with Gasteiger partial charge in [-0.15, -0.1) is 0 Å². The highest BCUT2D eigenvalue weighted by atomic mass is 28.3. The maximum absolute atomic E-state index is 11.9. The summed E-state index contributed by atoms with van der Waals surface area (Å²) in [7, 11) is -2.02. The Kier molecular flexibility index (Phi) is 7.62. The number of esters is 1. The number of carbonyl (C=O) groups is 1. The minimum absolute atomic E-state index is 0.215. The van der Waals surface area contributed by atoms with Crippen LogP contribution in [0.4, 0.5) is 0 Å². The summed E-state index contributed by atoms with van der Waals surface area (Å²) in [4.78, 5) is 11.9. The van der Waals surface area contributed by atoms with Crippen LogP contribution in [0.25, 0.3) is 0 Å². The molecule has 0 rings (SSSR count). The summed E-state index contributed by atoms with van der Waals surface area (Å²) in [6.07, 6.45) is 0.831. The Morgan fingerprint density at radius 1 is 1.12 bits per heavy atom. The van der Waals surface area contributed by atoms with E-state index in [0.29, 0.717) is 19.8 Å². The topological polar surface area (TPSA) is 44.8 Å². The standard InChI is InChI=1S/C11H24O4Si/c1-6-9-13-10(12)11(4,5)16(14-7-2)15-8-3/h16H,6-9H2,1-5H3. The zero-order valence-electron chi connectivity index (χ0n) is 11.0. The van der Waals surface area contributed by atoms with Crippen molar-refractivity contribution in [3.8, 4) is 0 Å². The Morgan fingerprint density at radius 2 is 1.62 bits per heavy atom. The second kappa shape index (κ2) is 7.81. The molecule has 0 unspecified atom stereocenters. The SMILES string of the molecule is CCCOC(=O)C(C)(C)[SiH](OCC)OCC. The normalized spacial score (nSPS) is 11.9. The fraction of sp³-hybridized carbons (Fsp3) is 0.909. The van der Waals surface area contributed by atoms with E-state index in [1.165, 1.54) is 0 Å². The zero-order chi connectivity index (χ0) is 12.6. The second-order valence-corrected chi connectivity index (χ2v) is 6.87. The summed E-state index contributed by atoms with van der Waals surface area (Å²) in [5.74, 6) is -0.215. The molecular formula is C11H24O4Si. The van der Waals surface area contributed by atoms with Gasteiger partial charge < -0.3 is 13.6 Å². The highest BCUT2D eigenvalue weighted by molar-refractivity contribution is 6.54. The van der Waals surface area contributed by atoms with Crippen LogP contribution in [0.1, 0.15) is 41.0 Å². The number of hydrogen-bond donors (Lipinski definition) is 0. The summed E-state index contributed by atoms with van der Waals surface area (Å²) in [6.45, 7) is 11.1. The molecule has 0 aromatic rings. The van der Waals surface area contributed by atoms with Crippen molar-refractivity contribution in [2.45, 2.75) is 46.1 Å². The average molecular weight is 248 g/mol. The quantitative estimate of drug-likeness (QED) is 0.487. The van der Waals surface area contributed by atoms with Crippen LogP contribution in [0, 0.1) is 0 Å². The third-order valence-corrected chi connectivity index (χ3v) is 4.88. The van der Waals surface area contributed by atoms with Crippen molar-refractivity contribution in [1.29, 1.82) is 0 Å². The minimum atomic E-state index is -2.02. The van der Waals surface area contributed by atoms with Gasteiger partial charge in [-0.25, -0.2) is 0 Å². The van der Waals surface area contributed by atoms with Gasteiger partial charge >= 0.3 is 15.3 Å². The summed E-state index contributed by atoms with van der Waals surface area (Å²) >= 11 is 0. The molecule has 0 aliphatic rings. The van der Waals surface area contributed by atoms with Crippen LogP contribution < -0.4 is 0 Å². The molecule has 0 saturated heterocycles. The van der Waals surface area contributed by atoms with Crippen LogP contribution in [0.15, 0.2) is 0 Å². The third-order valence-electron chi connectivity index (χ3n) is 2.19. The van der Waals surface area contributed by atoms with Gasteiger partial charge in [0.1, 0.15) is 5.04 Å². The largest absolute Gasteiger partial charge is 0.465 e. The molecule has 0 N–H and O–H groups in total. The summed E-state index contributed by atoms with van der Waals surface area (Å²) in [6, 6.07) is 0. The number of carbonyl (C=O) groups excluding carboxylic acids is 1. The third kappa shape index (κ3) is 4.63. The predicted molar refractivity (Wildman–Crippen MR) is 65.7 cm³/mol. The summed E-state index contributed by atoms with van der Waals surface area (Å²) in [5, 5.41) is -0.638. The van der Waals surface area contributed by atoms with Gasteiger partial charge in [0.15, 0.2) is 0 Å². The number of ether oxygens (including phenoxy) is 1. The van der Waals surface area contributed by atoms with Crippen molar-refractivity contribution >= 4 is 15.3 Å². The molecule has 0 spiro atoms. The summed E-state index contributed by atoms with van der Waals surface area (Å²) in [5.41, 5.74) is 0. The fourth-order valence-electron chi connectivity index (χ4n) is 1.24. The van der Waals surface area contributed by atoms with Gasteiger partial charge in [-0.1, -0.05) is 6.92 Å². The zero-order valence-corrected chi connectivity index (χ0v) is 12.2. The van der Waals surface area contributed by atoms with Gasteiger partial charge in [0, 0.05) is 13.2 Å². The molecule has 16 heavy (non-hydrogen) atoms. The first-order valence-corrected chi connectivity index (χ1v) is 7.43. The highest BCUT2D eigenvalue weighted by Gasteiger charge is 2.42. The second-order valence-electron chi connectivity index (χ2n) is 4.10. The Balaban J connectivity index is 4.48. The van der Waals surface area contributed by atoms with E-state index in [-0.39, 0.29) is 5.97 Å². The maximum Gasteiger partial charge on any atom is 0.338 e. The van der Waals surface area contributed by atoms with E-state index in [1.807, 2.05) is 34.6 Å². The summed E-state index contributed by atoms with van der Waals surface area (Å²) < 4.78 is 16.3. The molecule has 0 atom stereocenters. The molecule has 0 heterocycles. The van der Waals surface area contributed by atoms with Crippen molar-refractivity contribution < 1.29 is 18.4 Å². The van der Waals surface area contributed by atoms with E-state index in [9.17, 15) is 4.79 Å². The lowest BCUT2D eigenvalue weighted by molar-refractivity contribution is -0.147. The smallest absolute Gasteiger partial charge is 0.338 e. The van der Waals surface area contributed by atoms with E-state index in [2.05, 4.69) is 0 Å². The molecule has 5 heteroatoms. The van der Waals surface area contributed by atoms with Crippen LogP contribution in [-0.2, 0) is 18.4 Å². The molecule has 0 radical (unpaired) electrons. The van der Waals surface area contributed by atoms with E-state index < -0.39 is 14.3 Å². The van der Waals surface area contributed by atoms with Crippen LogP contribution in [0.3, 0.4) is 0 Å². The first-order valence-electron chi connectivity index (χ1n) is 5.91. The van der Waals surface area contributed by atoms with Crippen LogP contribution >= 0.6 is 0 Å². The van der Waals surface area contributed by atoms with Crippen LogP contribution in [0.5, 0.6) is 0 Å². The Morgan fingerprint density at radius 3 is 2.00 bits per heavy atom. The van der Waals surface area contributed by atoms with Crippen molar-refractivity contribution in [3.63, 3.8) is 0 Å². The molecule has 96 valence electrons. The minimum Gasteiger partial charge on any atom is -0.465 e. The fourth-order valence-corrected chi connectivity index (χ4v) is 3.06. The molecule has 0 saturated carbocycles. The Hall–Kier alpha value is -0.393. The lowest BCUT2D eigenvalue weighted by Crippen LogP contribution is -2.41. The van der Waals surface area contributed by atoms with Crippen molar-refractivity contribution in [2.75, 3.05) is 19.8 Å². The van der Waals surface area contributed by atoms with Crippen LogP contribution in [-0.4, -0.2) is 35.1 Å². The lowest BCUT2D eigenvalue weighted by Gasteiger charge is -2.29. The van der Waals surface area contributed by atoms with E-state index in [0.717, 1.165) is 6.42 Å². The van der Waals surface area contributed by atoms with Gasteiger partial charge in [-0.05, 0) is 34.1 Å². The van der Waals surface area contributed by atoms with Crippen molar-refractivity contribution in [1.82, 2.24) is 0 Å². The molecule has 0 aromatic carbocycles. The molecular weight excluding hydrogens is 224 g/mol. The number of rotatable bonds is 8. The molecule has 4 nitrogen and oxygen atoms in total. The van der Waals surface area contributed by atoms with Gasteiger partial charge in [0.25, 0.3) is 0 Å². The molecule has 0 bridgehead atoms. The van der Waals surface area contributed by atoms with Crippen molar-refractivity contribution in [2.24, 2.45) is 0 Å². The molecule has 0 aliphatic carbocycles. The predicted octanol–water partition coefficient (Wildman–Crippen LogP) is 2.01. The van der Waals surface area contributed by atoms with Gasteiger partial charge in [0.05, 0.1) is 6.61 Å². The monoisotopic (exact) mass is 248 g/mol. The molecule has 0 amide bonds. The molecule has 0 aliphatic heterocycles. The van der Waals surface area contributed by atoms with E-state index in [4.69, 9.17) is 13.6 Å². The molecule has 0 fully saturated rings. The highest BCUT2D eigenvalue weighted by Crippen LogP contribution is 2.31.